The Labute approximate surface area is 133 Å². The third kappa shape index (κ3) is 5.68. The van der Waals surface area contributed by atoms with Crippen molar-refractivity contribution in [2.45, 2.75) is 70.7 Å². The molecule has 4 nitrogen and oxygen atoms in total. The monoisotopic (exact) mass is 304 g/mol. The molecular formula is C18H28N2O2. The van der Waals surface area contributed by atoms with Crippen LogP contribution < -0.4 is 10.6 Å². The molecule has 1 unspecified atom stereocenters. The van der Waals surface area contributed by atoms with Crippen molar-refractivity contribution in [2.24, 2.45) is 0 Å². The summed E-state index contributed by atoms with van der Waals surface area (Å²) in [6, 6.07) is 10.8. The lowest BCUT2D eigenvalue weighted by Crippen LogP contribution is -2.52. The average Bonchev–Trinajstić information content (AvgIpc) is 2.45. The standard InChI is InChI=1S/C18H28N2O2/c1-18(2,3)22-17(21)20-16-12-8-7-11-15(16)19-13-14-9-5-4-6-10-14/h4-6,9-10,15-16,19H,7-8,11-13H2,1-3H3,(H,20,21)/t15?,16-/m0/s1. The number of carbonyl (C=O) groups excluding carboxylic acids is 1. The number of rotatable bonds is 4. The summed E-state index contributed by atoms with van der Waals surface area (Å²) in [6.45, 7) is 6.49. The van der Waals surface area contributed by atoms with Crippen LogP contribution in [0.5, 0.6) is 0 Å². The second kappa shape index (κ2) is 7.63. The molecule has 1 aromatic rings. The summed E-state index contributed by atoms with van der Waals surface area (Å²) in [4.78, 5) is 12.0. The fraction of sp³-hybridized carbons (Fsp3) is 0.611. The van der Waals surface area contributed by atoms with Crippen molar-refractivity contribution in [3.63, 3.8) is 0 Å². The quantitative estimate of drug-likeness (QED) is 0.893. The molecule has 1 saturated carbocycles. The first-order valence-electron chi connectivity index (χ1n) is 8.21. The van der Waals surface area contributed by atoms with Crippen LogP contribution in [0.25, 0.3) is 0 Å². The Morgan fingerprint density at radius 1 is 1.14 bits per heavy atom. The van der Waals surface area contributed by atoms with Gasteiger partial charge in [0.2, 0.25) is 0 Å². The van der Waals surface area contributed by atoms with Gasteiger partial charge in [0.15, 0.2) is 0 Å². The molecule has 1 amide bonds. The Morgan fingerprint density at radius 2 is 1.77 bits per heavy atom. The fourth-order valence-corrected chi connectivity index (χ4v) is 2.85. The van der Waals surface area contributed by atoms with Crippen LogP contribution in [0.1, 0.15) is 52.0 Å². The normalized spacial score (nSPS) is 22.1. The van der Waals surface area contributed by atoms with E-state index in [1.165, 1.54) is 12.0 Å². The van der Waals surface area contributed by atoms with Gasteiger partial charge in [0, 0.05) is 18.6 Å². The van der Waals surface area contributed by atoms with E-state index in [2.05, 4.69) is 22.8 Å². The van der Waals surface area contributed by atoms with E-state index >= 15 is 0 Å². The van der Waals surface area contributed by atoms with Gasteiger partial charge >= 0.3 is 6.09 Å². The van der Waals surface area contributed by atoms with E-state index in [9.17, 15) is 4.79 Å². The summed E-state index contributed by atoms with van der Waals surface area (Å²) in [5.41, 5.74) is 0.815. The molecule has 2 rings (SSSR count). The van der Waals surface area contributed by atoms with Crippen molar-refractivity contribution in [1.82, 2.24) is 10.6 Å². The summed E-state index contributed by atoms with van der Waals surface area (Å²) in [6.07, 6.45) is 4.15. The van der Waals surface area contributed by atoms with Crippen LogP contribution in [0.4, 0.5) is 4.79 Å². The van der Waals surface area contributed by atoms with Crippen LogP contribution in [0.15, 0.2) is 30.3 Å². The zero-order valence-electron chi connectivity index (χ0n) is 13.9. The highest BCUT2D eigenvalue weighted by atomic mass is 16.6. The number of amides is 1. The number of hydrogen-bond acceptors (Lipinski definition) is 3. The fourth-order valence-electron chi connectivity index (χ4n) is 2.85. The SMILES string of the molecule is CC(C)(C)OC(=O)N[C@H]1CCCCC1NCc1ccccc1. The molecule has 1 aliphatic carbocycles. The predicted octanol–water partition coefficient (Wildman–Crippen LogP) is 3.61. The van der Waals surface area contributed by atoms with Crippen molar-refractivity contribution >= 4 is 6.09 Å². The van der Waals surface area contributed by atoms with Crippen LogP contribution in [-0.4, -0.2) is 23.8 Å². The van der Waals surface area contributed by atoms with Gasteiger partial charge in [-0.25, -0.2) is 4.79 Å². The number of alkyl carbamates (subject to hydrolysis) is 1. The molecule has 1 aliphatic rings. The van der Waals surface area contributed by atoms with Crippen molar-refractivity contribution in [3.8, 4) is 0 Å². The summed E-state index contributed by atoms with van der Waals surface area (Å²) in [5.74, 6) is 0. The summed E-state index contributed by atoms with van der Waals surface area (Å²) < 4.78 is 5.37. The van der Waals surface area contributed by atoms with Crippen LogP contribution in [0.3, 0.4) is 0 Å². The van der Waals surface area contributed by atoms with E-state index in [1.54, 1.807) is 0 Å². The van der Waals surface area contributed by atoms with Gasteiger partial charge in [0.05, 0.1) is 0 Å². The lowest BCUT2D eigenvalue weighted by Gasteiger charge is -2.33. The van der Waals surface area contributed by atoms with Gasteiger partial charge in [0.25, 0.3) is 0 Å². The van der Waals surface area contributed by atoms with Gasteiger partial charge in [-0.15, -0.1) is 0 Å². The van der Waals surface area contributed by atoms with Crippen LogP contribution in [0, 0.1) is 0 Å². The van der Waals surface area contributed by atoms with Gasteiger partial charge in [-0.05, 0) is 39.2 Å². The highest BCUT2D eigenvalue weighted by Crippen LogP contribution is 2.20. The van der Waals surface area contributed by atoms with Crippen LogP contribution >= 0.6 is 0 Å². The number of hydrogen-bond donors (Lipinski definition) is 2. The Morgan fingerprint density at radius 3 is 2.41 bits per heavy atom. The lowest BCUT2D eigenvalue weighted by atomic mass is 9.90. The molecule has 2 atom stereocenters. The highest BCUT2D eigenvalue weighted by Gasteiger charge is 2.27. The minimum absolute atomic E-state index is 0.146. The molecule has 2 N–H and O–H groups in total. The number of benzene rings is 1. The van der Waals surface area contributed by atoms with Crippen LogP contribution in [-0.2, 0) is 11.3 Å². The molecule has 22 heavy (non-hydrogen) atoms. The zero-order chi connectivity index (χ0) is 16.0. The van der Waals surface area contributed by atoms with E-state index in [-0.39, 0.29) is 12.1 Å². The average molecular weight is 304 g/mol. The summed E-state index contributed by atoms with van der Waals surface area (Å²) >= 11 is 0. The highest BCUT2D eigenvalue weighted by molar-refractivity contribution is 5.68. The minimum Gasteiger partial charge on any atom is -0.444 e. The number of nitrogens with one attached hydrogen (secondary N) is 2. The Bertz CT molecular complexity index is 468. The van der Waals surface area contributed by atoms with Crippen molar-refractivity contribution in [2.75, 3.05) is 0 Å². The molecule has 0 bridgehead atoms. The van der Waals surface area contributed by atoms with Gasteiger partial charge in [-0.3, -0.25) is 0 Å². The van der Waals surface area contributed by atoms with Crippen LogP contribution in [0.2, 0.25) is 0 Å². The molecule has 0 aromatic heterocycles. The van der Waals surface area contributed by atoms with Crippen molar-refractivity contribution < 1.29 is 9.53 Å². The van der Waals surface area contributed by atoms with E-state index in [0.717, 1.165) is 25.8 Å². The summed E-state index contributed by atoms with van der Waals surface area (Å²) in [7, 11) is 0. The zero-order valence-corrected chi connectivity index (χ0v) is 13.9. The number of ether oxygens (including phenoxy) is 1. The Hall–Kier alpha value is -1.55. The van der Waals surface area contributed by atoms with E-state index in [1.807, 2.05) is 39.0 Å². The molecule has 122 valence electrons. The second-order valence-electron chi connectivity index (χ2n) is 7.01. The van der Waals surface area contributed by atoms with E-state index in [0.29, 0.717) is 6.04 Å². The third-order valence-electron chi connectivity index (χ3n) is 3.88. The molecule has 0 heterocycles. The maximum absolute atomic E-state index is 12.0. The smallest absolute Gasteiger partial charge is 0.407 e. The van der Waals surface area contributed by atoms with Crippen molar-refractivity contribution in [1.29, 1.82) is 0 Å². The molecule has 0 radical (unpaired) electrons. The molecule has 1 fully saturated rings. The lowest BCUT2D eigenvalue weighted by molar-refractivity contribution is 0.0479. The van der Waals surface area contributed by atoms with Crippen molar-refractivity contribution in [3.05, 3.63) is 35.9 Å². The first kappa shape index (κ1) is 16.8. The topological polar surface area (TPSA) is 50.4 Å². The largest absolute Gasteiger partial charge is 0.444 e. The second-order valence-corrected chi connectivity index (χ2v) is 7.01. The minimum atomic E-state index is -0.453. The molecule has 0 aliphatic heterocycles. The maximum atomic E-state index is 12.0. The molecular weight excluding hydrogens is 276 g/mol. The van der Waals surface area contributed by atoms with Gasteiger partial charge in [0.1, 0.15) is 5.60 Å². The molecule has 0 spiro atoms. The maximum Gasteiger partial charge on any atom is 0.407 e. The Kier molecular flexibility index (Phi) is 5.83. The molecule has 4 heteroatoms. The van der Waals surface area contributed by atoms with E-state index in [4.69, 9.17) is 4.74 Å². The van der Waals surface area contributed by atoms with Gasteiger partial charge in [-0.2, -0.15) is 0 Å². The third-order valence-corrected chi connectivity index (χ3v) is 3.88. The molecule has 0 saturated heterocycles. The first-order valence-corrected chi connectivity index (χ1v) is 8.21. The first-order chi connectivity index (χ1) is 10.4. The van der Waals surface area contributed by atoms with E-state index < -0.39 is 5.60 Å². The molecule has 1 aromatic carbocycles. The predicted molar refractivity (Wildman–Crippen MR) is 88.7 cm³/mol. The van der Waals surface area contributed by atoms with Gasteiger partial charge < -0.3 is 15.4 Å². The summed E-state index contributed by atoms with van der Waals surface area (Å²) in [5, 5.41) is 6.62. The number of carbonyl (C=O) groups is 1. The van der Waals surface area contributed by atoms with Gasteiger partial charge in [-0.1, -0.05) is 43.2 Å². The Balaban J connectivity index is 1.86.